The number of amides is 2. The van der Waals surface area contributed by atoms with E-state index in [1.54, 1.807) is 28.4 Å². The van der Waals surface area contributed by atoms with Crippen LogP contribution in [-0.2, 0) is 21.9 Å². The number of carbonyl (C=O) groups is 2. The highest BCUT2D eigenvalue weighted by molar-refractivity contribution is 8.13. The fourth-order valence-corrected chi connectivity index (χ4v) is 5.46. The van der Waals surface area contributed by atoms with E-state index in [9.17, 15) is 19.7 Å². The zero-order chi connectivity index (χ0) is 24.4. The van der Waals surface area contributed by atoms with Crippen LogP contribution in [0.2, 0.25) is 0 Å². The summed E-state index contributed by atoms with van der Waals surface area (Å²) in [4.78, 5) is 47.9. The van der Waals surface area contributed by atoms with E-state index in [4.69, 9.17) is 4.99 Å². The van der Waals surface area contributed by atoms with Crippen LogP contribution in [0, 0.1) is 10.1 Å². The van der Waals surface area contributed by atoms with Crippen molar-refractivity contribution in [1.29, 1.82) is 0 Å². The summed E-state index contributed by atoms with van der Waals surface area (Å²) in [5, 5.41) is 16.3. The molecule has 1 unspecified atom stereocenters. The molecular weight excluding hydrogens is 486 g/mol. The molecule has 3 heterocycles. The molecule has 0 saturated carbocycles. The Balaban J connectivity index is 1.36. The van der Waals surface area contributed by atoms with Crippen molar-refractivity contribution >= 4 is 57.3 Å². The lowest BCUT2D eigenvalue weighted by atomic mass is 10.1. The number of para-hydroxylation sites is 1. The molecule has 2 aromatic carbocycles. The third-order valence-corrected chi connectivity index (χ3v) is 7.44. The Morgan fingerprint density at radius 2 is 1.91 bits per heavy atom. The summed E-state index contributed by atoms with van der Waals surface area (Å²) in [6.45, 7) is 0.407. The van der Waals surface area contributed by atoms with Crippen LogP contribution in [-0.4, -0.2) is 38.7 Å². The van der Waals surface area contributed by atoms with Crippen LogP contribution < -0.4 is 5.32 Å². The molecular formula is C24H19N5O4S2. The molecule has 5 rings (SSSR count). The first-order valence-electron chi connectivity index (χ1n) is 10.7. The van der Waals surface area contributed by atoms with E-state index >= 15 is 0 Å². The molecule has 0 aliphatic carbocycles. The molecule has 1 aromatic heterocycles. The second kappa shape index (κ2) is 9.80. The van der Waals surface area contributed by atoms with Crippen LogP contribution in [0.4, 0.5) is 11.4 Å². The first-order chi connectivity index (χ1) is 17.0. The Kier molecular flexibility index (Phi) is 6.43. The lowest BCUT2D eigenvalue weighted by molar-refractivity contribution is -0.384. The van der Waals surface area contributed by atoms with Gasteiger partial charge in [0.25, 0.3) is 11.6 Å². The highest BCUT2D eigenvalue weighted by Gasteiger charge is 2.42. The highest BCUT2D eigenvalue weighted by atomic mass is 32.2. The number of nitrogens with zero attached hydrogens (tertiary/aromatic N) is 4. The molecule has 35 heavy (non-hydrogen) atoms. The number of rotatable bonds is 7. The zero-order valence-corrected chi connectivity index (χ0v) is 19.9. The molecule has 0 saturated heterocycles. The molecule has 0 fully saturated rings. The van der Waals surface area contributed by atoms with Gasteiger partial charge in [-0.05, 0) is 29.1 Å². The number of fused-ring (bicyclic) bond motifs is 3. The van der Waals surface area contributed by atoms with Gasteiger partial charge in [-0.25, -0.2) is 4.99 Å². The third-order valence-electron chi connectivity index (χ3n) is 5.54. The van der Waals surface area contributed by atoms with Crippen molar-refractivity contribution in [2.24, 2.45) is 9.98 Å². The molecule has 0 spiro atoms. The maximum absolute atomic E-state index is 12.9. The monoisotopic (exact) mass is 505 g/mol. The third kappa shape index (κ3) is 4.86. The SMILES string of the molecule is O=C(CC1C(=O)N=C2c3ccccc3N=C(SCc3ccc([N+](=O)[O-])cc3)N21)NCc1cccs1. The standard InChI is InChI=1S/C24H19N5O4S2/c30-21(25-13-17-4-3-11-34-17)12-20-23(31)27-22-18-5-1-2-6-19(18)26-24(28(20)22)35-14-15-7-9-16(10-8-15)29(32)33/h1-11,20H,12-14H2,(H,25,30). The van der Waals surface area contributed by atoms with Gasteiger partial charge in [0.2, 0.25) is 5.91 Å². The number of carbonyl (C=O) groups excluding carboxylic acids is 2. The van der Waals surface area contributed by atoms with Crippen LogP contribution in [0.3, 0.4) is 0 Å². The lowest BCUT2D eigenvalue weighted by Gasteiger charge is -2.30. The Bertz CT molecular complexity index is 1350. The van der Waals surface area contributed by atoms with Gasteiger partial charge in [0.15, 0.2) is 5.17 Å². The van der Waals surface area contributed by atoms with E-state index in [2.05, 4.69) is 10.3 Å². The number of benzene rings is 2. The number of nitro benzene ring substituents is 1. The van der Waals surface area contributed by atoms with Crippen molar-refractivity contribution in [3.63, 3.8) is 0 Å². The Labute approximate surface area is 208 Å². The van der Waals surface area contributed by atoms with Crippen LogP contribution in [0.15, 0.2) is 76.0 Å². The van der Waals surface area contributed by atoms with Crippen molar-refractivity contribution in [2.75, 3.05) is 0 Å². The van der Waals surface area contributed by atoms with E-state index < -0.39 is 11.0 Å². The van der Waals surface area contributed by atoms with E-state index in [1.165, 1.54) is 23.9 Å². The van der Waals surface area contributed by atoms with Gasteiger partial charge in [-0.3, -0.25) is 24.6 Å². The summed E-state index contributed by atoms with van der Waals surface area (Å²) >= 11 is 2.94. The average molecular weight is 506 g/mol. The first-order valence-corrected chi connectivity index (χ1v) is 12.6. The normalized spacial score (nSPS) is 16.3. The smallest absolute Gasteiger partial charge is 0.271 e. The number of nitrogens with one attached hydrogen (secondary N) is 1. The summed E-state index contributed by atoms with van der Waals surface area (Å²) in [5.41, 5.74) is 2.33. The number of amidine groups is 2. The van der Waals surface area contributed by atoms with E-state index in [1.807, 2.05) is 41.8 Å². The quantitative estimate of drug-likeness (QED) is 0.379. The minimum atomic E-state index is -0.787. The van der Waals surface area contributed by atoms with E-state index in [-0.39, 0.29) is 23.9 Å². The van der Waals surface area contributed by atoms with Crippen molar-refractivity contribution in [2.45, 2.75) is 24.8 Å². The predicted octanol–water partition coefficient (Wildman–Crippen LogP) is 4.25. The zero-order valence-electron chi connectivity index (χ0n) is 18.3. The van der Waals surface area contributed by atoms with Crippen LogP contribution in [0.25, 0.3) is 0 Å². The Hall–Kier alpha value is -3.83. The van der Waals surface area contributed by atoms with Gasteiger partial charge in [0, 0.05) is 28.3 Å². The van der Waals surface area contributed by atoms with Gasteiger partial charge in [0.1, 0.15) is 11.9 Å². The van der Waals surface area contributed by atoms with Gasteiger partial charge in [-0.2, -0.15) is 4.99 Å². The second-order valence-corrected chi connectivity index (χ2v) is 9.82. The van der Waals surface area contributed by atoms with Gasteiger partial charge < -0.3 is 5.32 Å². The number of nitro groups is 1. The van der Waals surface area contributed by atoms with Gasteiger partial charge in [0.05, 0.1) is 23.6 Å². The van der Waals surface area contributed by atoms with Crippen LogP contribution >= 0.6 is 23.1 Å². The maximum atomic E-state index is 12.9. The van der Waals surface area contributed by atoms with Gasteiger partial charge in [-0.15, -0.1) is 11.3 Å². The lowest BCUT2D eigenvalue weighted by Crippen LogP contribution is -2.45. The van der Waals surface area contributed by atoms with Gasteiger partial charge in [-0.1, -0.05) is 42.1 Å². The van der Waals surface area contributed by atoms with Crippen molar-refractivity contribution < 1.29 is 14.5 Å². The molecule has 0 radical (unpaired) electrons. The largest absolute Gasteiger partial charge is 0.351 e. The number of thioether (sulfide) groups is 1. The van der Waals surface area contributed by atoms with E-state index in [0.717, 1.165) is 16.0 Å². The summed E-state index contributed by atoms with van der Waals surface area (Å²) in [6, 6.07) is 16.8. The van der Waals surface area contributed by atoms with Crippen LogP contribution in [0.5, 0.6) is 0 Å². The topological polar surface area (TPSA) is 117 Å². The summed E-state index contributed by atoms with van der Waals surface area (Å²) in [6.07, 6.45) is -0.0452. The second-order valence-electron chi connectivity index (χ2n) is 7.84. The highest BCUT2D eigenvalue weighted by Crippen LogP contribution is 2.35. The molecule has 176 valence electrons. The maximum Gasteiger partial charge on any atom is 0.271 e. The number of hydrogen-bond donors (Lipinski definition) is 1. The molecule has 3 aromatic rings. The van der Waals surface area contributed by atoms with Crippen molar-refractivity contribution in [3.8, 4) is 0 Å². The molecule has 9 nitrogen and oxygen atoms in total. The molecule has 2 aliphatic rings. The van der Waals surface area contributed by atoms with Crippen LogP contribution in [0.1, 0.15) is 22.4 Å². The average Bonchev–Trinajstić information content (AvgIpc) is 3.50. The molecule has 11 heteroatoms. The number of thiophene rings is 1. The molecule has 2 amide bonds. The predicted molar refractivity (Wildman–Crippen MR) is 136 cm³/mol. The summed E-state index contributed by atoms with van der Waals surface area (Å²) in [7, 11) is 0. The minimum Gasteiger partial charge on any atom is -0.351 e. The fraction of sp³-hybridized carbons (Fsp3) is 0.167. The minimum absolute atomic E-state index is 0.0240. The van der Waals surface area contributed by atoms with Crippen molar-refractivity contribution in [3.05, 3.63) is 92.2 Å². The Morgan fingerprint density at radius 3 is 2.66 bits per heavy atom. The summed E-state index contributed by atoms with van der Waals surface area (Å²) in [5.74, 6) is 0.343. The number of non-ortho nitro benzene ring substituents is 1. The molecule has 0 bridgehead atoms. The molecule has 1 N–H and O–H groups in total. The Morgan fingerprint density at radius 1 is 1.11 bits per heavy atom. The summed E-state index contributed by atoms with van der Waals surface area (Å²) < 4.78 is 0. The number of hydrogen-bond acceptors (Lipinski definition) is 8. The molecule has 2 aliphatic heterocycles. The fourth-order valence-electron chi connectivity index (χ4n) is 3.81. The van der Waals surface area contributed by atoms with Gasteiger partial charge >= 0.3 is 0 Å². The number of aliphatic imine (C=N–C) groups is 2. The van der Waals surface area contributed by atoms with Crippen molar-refractivity contribution in [1.82, 2.24) is 10.2 Å². The molecule has 1 atom stereocenters. The van der Waals surface area contributed by atoms with E-state index in [0.29, 0.717) is 29.0 Å². The first kappa shape index (κ1) is 22.9.